The number of fused-ring (bicyclic) bond motifs is 1. The molecule has 0 atom stereocenters. The fraction of sp³-hybridized carbons (Fsp3) is 0. The summed E-state index contributed by atoms with van der Waals surface area (Å²) in [6.45, 7) is 0. The molecule has 0 spiro atoms. The molecule has 0 aliphatic heterocycles. The molecule has 0 unspecified atom stereocenters. The van der Waals surface area contributed by atoms with E-state index in [1.54, 1.807) is 0 Å². The Morgan fingerprint density at radius 3 is 1.21 bits per heavy atom. The highest BCUT2D eigenvalue weighted by atomic mass is 15.1. The van der Waals surface area contributed by atoms with Crippen molar-refractivity contribution in [3.05, 3.63) is 151 Å². The molecule has 3 heteroatoms. The standard InChI is InChI=1S/C36H23N3/c37-24-26-5-9-29(10-6-26)31-13-18-34(19-14-31)39(36-22-17-28-3-1-2-4-33(28)23-36)35-20-15-32(16-21-35)30-11-7-27(25-38)8-12-30/h1-23H. The van der Waals surface area contributed by atoms with Crippen LogP contribution in [0.1, 0.15) is 11.1 Å². The van der Waals surface area contributed by atoms with Crippen LogP contribution in [-0.2, 0) is 0 Å². The molecule has 0 saturated heterocycles. The summed E-state index contributed by atoms with van der Waals surface area (Å²) in [4.78, 5) is 2.26. The van der Waals surface area contributed by atoms with Crippen LogP contribution in [0.2, 0.25) is 0 Å². The van der Waals surface area contributed by atoms with Gasteiger partial charge in [0.1, 0.15) is 0 Å². The van der Waals surface area contributed by atoms with Gasteiger partial charge >= 0.3 is 0 Å². The number of hydrogen-bond donors (Lipinski definition) is 0. The second kappa shape index (κ2) is 10.4. The molecular weight excluding hydrogens is 474 g/mol. The van der Waals surface area contributed by atoms with E-state index >= 15 is 0 Å². The third kappa shape index (κ3) is 4.86. The summed E-state index contributed by atoms with van der Waals surface area (Å²) in [5.74, 6) is 0. The van der Waals surface area contributed by atoms with Gasteiger partial charge in [0, 0.05) is 17.1 Å². The maximum absolute atomic E-state index is 9.12. The van der Waals surface area contributed by atoms with Crippen molar-refractivity contribution in [3.63, 3.8) is 0 Å². The number of nitrogens with zero attached hydrogens (tertiary/aromatic N) is 3. The van der Waals surface area contributed by atoms with Gasteiger partial charge < -0.3 is 4.90 Å². The summed E-state index contributed by atoms with van der Waals surface area (Å²) < 4.78 is 0. The molecule has 0 heterocycles. The van der Waals surface area contributed by atoms with Crippen molar-refractivity contribution in [1.82, 2.24) is 0 Å². The summed E-state index contributed by atoms with van der Waals surface area (Å²) in [6.07, 6.45) is 0. The fourth-order valence-electron chi connectivity index (χ4n) is 4.84. The highest BCUT2D eigenvalue weighted by Gasteiger charge is 2.14. The third-order valence-electron chi connectivity index (χ3n) is 6.94. The minimum atomic E-state index is 0.655. The van der Waals surface area contributed by atoms with Crippen LogP contribution >= 0.6 is 0 Å². The van der Waals surface area contributed by atoms with E-state index in [0.29, 0.717) is 11.1 Å². The van der Waals surface area contributed by atoms with E-state index in [4.69, 9.17) is 10.5 Å². The van der Waals surface area contributed by atoms with Crippen LogP contribution in [0.15, 0.2) is 140 Å². The molecule has 0 bridgehead atoms. The van der Waals surface area contributed by atoms with Gasteiger partial charge in [0.15, 0.2) is 0 Å². The largest absolute Gasteiger partial charge is 0.310 e. The first-order valence-corrected chi connectivity index (χ1v) is 12.7. The molecule has 0 aliphatic rings. The summed E-state index contributed by atoms with van der Waals surface area (Å²) in [5, 5.41) is 20.6. The van der Waals surface area contributed by atoms with Crippen LogP contribution in [0.3, 0.4) is 0 Å². The molecule has 0 amide bonds. The van der Waals surface area contributed by atoms with E-state index in [1.165, 1.54) is 10.8 Å². The SMILES string of the molecule is N#Cc1ccc(-c2ccc(N(c3ccc(-c4ccc(C#N)cc4)cc3)c3ccc4ccccc4c3)cc2)cc1. The third-order valence-corrected chi connectivity index (χ3v) is 6.94. The van der Waals surface area contributed by atoms with Gasteiger partial charge in [-0.1, -0.05) is 78.9 Å². The van der Waals surface area contributed by atoms with E-state index in [1.807, 2.05) is 48.5 Å². The van der Waals surface area contributed by atoms with Gasteiger partial charge in [-0.3, -0.25) is 0 Å². The van der Waals surface area contributed by atoms with Crippen molar-refractivity contribution in [3.8, 4) is 34.4 Å². The summed E-state index contributed by atoms with van der Waals surface area (Å²) >= 11 is 0. The van der Waals surface area contributed by atoms with E-state index in [0.717, 1.165) is 39.3 Å². The van der Waals surface area contributed by atoms with E-state index < -0.39 is 0 Å². The Kier molecular flexibility index (Phi) is 6.32. The molecule has 0 fully saturated rings. The Hall–Kier alpha value is -5.64. The van der Waals surface area contributed by atoms with E-state index in [9.17, 15) is 0 Å². The lowest BCUT2D eigenvalue weighted by molar-refractivity contribution is 1.29. The first kappa shape index (κ1) is 23.7. The number of rotatable bonds is 5. The van der Waals surface area contributed by atoms with Crippen LogP contribution in [0, 0.1) is 22.7 Å². The molecule has 3 nitrogen and oxygen atoms in total. The van der Waals surface area contributed by atoms with Crippen LogP contribution < -0.4 is 4.90 Å². The molecule has 0 aliphatic carbocycles. The molecule has 0 radical (unpaired) electrons. The second-order valence-corrected chi connectivity index (χ2v) is 9.34. The Bertz CT molecular complexity index is 1740. The lowest BCUT2D eigenvalue weighted by atomic mass is 10.0. The predicted octanol–water partition coefficient (Wildman–Crippen LogP) is 9.39. The zero-order valence-corrected chi connectivity index (χ0v) is 21.1. The molecule has 6 rings (SSSR count). The van der Waals surface area contributed by atoms with Crippen LogP contribution in [0.4, 0.5) is 17.1 Å². The van der Waals surface area contributed by atoms with Gasteiger partial charge in [-0.05, 0) is 93.7 Å². The second-order valence-electron chi connectivity index (χ2n) is 9.34. The number of nitriles is 2. The first-order chi connectivity index (χ1) is 19.2. The zero-order chi connectivity index (χ0) is 26.6. The topological polar surface area (TPSA) is 50.8 Å². The smallest absolute Gasteiger partial charge is 0.0991 e. The van der Waals surface area contributed by atoms with Crippen molar-refractivity contribution in [2.24, 2.45) is 0 Å². The maximum atomic E-state index is 9.12. The molecule has 6 aromatic carbocycles. The number of anilines is 3. The van der Waals surface area contributed by atoms with E-state index in [2.05, 4.69) is 108 Å². The average Bonchev–Trinajstić information content (AvgIpc) is 3.02. The minimum Gasteiger partial charge on any atom is -0.310 e. The van der Waals surface area contributed by atoms with Gasteiger partial charge in [-0.15, -0.1) is 0 Å². The summed E-state index contributed by atoms with van der Waals surface area (Å²) in [6, 6.07) is 51.6. The molecule has 0 N–H and O–H groups in total. The van der Waals surface area contributed by atoms with Gasteiger partial charge in [-0.25, -0.2) is 0 Å². The average molecular weight is 498 g/mol. The molecule has 6 aromatic rings. The molecule has 0 aromatic heterocycles. The normalized spacial score (nSPS) is 10.5. The molecule has 182 valence electrons. The Labute approximate surface area is 228 Å². The maximum Gasteiger partial charge on any atom is 0.0991 e. The highest BCUT2D eigenvalue weighted by Crippen LogP contribution is 2.38. The molecular formula is C36H23N3. The molecule has 0 saturated carbocycles. The monoisotopic (exact) mass is 497 g/mol. The van der Waals surface area contributed by atoms with Crippen LogP contribution in [0.5, 0.6) is 0 Å². The van der Waals surface area contributed by atoms with Crippen molar-refractivity contribution < 1.29 is 0 Å². The minimum absolute atomic E-state index is 0.655. The molecule has 39 heavy (non-hydrogen) atoms. The van der Waals surface area contributed by atoms with Crippen molar-refractivity contribution in [2.75, 3.05) is 4.90 Å². The van der Waals surface area contributed by atoms with Gasteiger partial charge in [0.2, 0.25) is 0 Å². The van der Waals surface area contributed by atoms with Crippen molar-refractivity contribution in [1.29, 1.82) is 10.5 Å². The van der Waals surface area contributed by atoms with Crippen LogP contribution in [0.25, 0.3) is 33.0 Å². The highest BCUT2D eigenvalue weighted by molar-refractivity contribution is 5.89. The van der Waals surface area contributed by atoms with Crippen molar-refractivity contribution in [2.45, 2.75) is 0 Å². The zero-order valence-electron chi connectivity index (χ0n) is 21.1. The Balaban J connectivity index is 1.40. The van der Waals surface area contributed by atoms with Gasteiger partial charge in [-0.2, -0.15) is 10.5 Å². The van der Waals surface area contributed by atoms with Gasteiger partial charge in [0.25, 0.3) is 0 Å². The summed E-state index contributed by atoms with van der Waals surface area (Å²) in [7, 11) is 0. The number of benzene rings is 6. The van der Waals surface area contributed by atoms with Gasteiger partial charge in [0.05, 0.1) is 23.3 Å². The number of hydrogen-bond acceptors (Lipinski definition) is 3. The van der Waals surface area contributed by atoms with Crippen LogP contribution in [-0.4, -0.2) is 0 Å². The lowest BCUT2D eigenvalue weighted by Gasteiger charge is -2.26. The van der Waals surface area contributed by atoms with E-state index in [-0.39, 0.29) is 0 Å². The predicted molar refractivity (Wildman–Crippen MR) is 159 cm³/mol. The lowest BCUT2D eigenvalue weighted by Crippen LogP contribution is -2.09. The quantitative estimate of drug-likeness (QED) is 0.238. The first-order valence-electron chi connectivity index (χ1n) is 12.7. The van der Waals surface area contributed by atoms with Crippen molar-refractivity contribution >= 4 is 27.8 Å². The Morgan fingerprint density at radius 2 is 0.769 bits per heavy atom. The fourth-order valence-corrected chi connectivity index (χ4v) is 4.84. The Morgan fingerprint density at radius 1 is 0.385 bits per heavy atom. The summed E-state index contributed by atoms with van der Waals surface area (Å²) in [5.41, 5.74) is 8.82.